The number of anilines is 1. The maximum atomic E-state index is 8.78. The summed E-state index contributed by atoms with van der Waals surface area (Å²) in [6, 6.07) is 6.96. The number of amidine groups is 1. The first kappa shape index (κ1) is 10.5. The van der Waals surface area contributed by atoms with Crippen LogP contribution >= 0.6 is 11.6 Å². The van der Waals surface area contributed by atoms with Gasteiger partial charge in [-0.05, 0) is 18.2 Å². The average Bonchev–Trinajstić information content (AvgIpc) is 2.63. The van der Waals surface area contributed by atoms with Crippen molar-refractivity contribution >= 4 is 29.1 Å². The summed E-state index contributed by atoms with van der Waals surface area (Å²) < 4.78 is 0. The van der Waals surface area contributed by atoms with Crippen LogP contribution in [0.5, 0.6) is 0 Å². The molecule has 0 unspecified atom stereocenters. The molecule has 0 amide bonds. The number of hydrogen-bond donors (Lipinski definition) is 2. The van der Waals surface area contributed by atoms with Crippen molar-refractivity contribution in [1.82, 2.24) is 0 Å². The van der Waals surface area contributed by atoms with E-state index in [1.807, 2.05) is 6.07 Å². The Morgan fingerprint density at radius 1 is 1.44 bits per heavy atom. The Bertz CT molecular complexity index is 527. The lowest BCUT2D eigenvalue weighted by Crippen LogP contribution is -2.12. The molecule has 5 nitrogen and oxygen atoms in total. The topological polar surface area (TPSA) is 86.6 Å². The molecule has 1 aliphatic rings. The van der Waals surface area contributed by atoms with Crippen molar-refractivity contribution in [3.8, 4) is 6.07 Å². The molecular weight excluding hydrogens is 226 g/mol. The molecule has 0 saturated carbocycles. The van der Waals surface area contributed by atoms with Crippen LogP contribution in [0.1, 0.15) is 5.56 Å². The Morgan fingerprint density at radius 2 is 2.25 bits per heavy atom. The first-order chi connectivity index (χ1) is 7.67. The van der Waals surface area contributed by atoms with Crippen LogP contribution in [-0.2, 0) is 0 Å². The van der Waals surface area contributed by atoms with Crippen molar-refractivity contribution in [2.75, 3.05) is 11.9 Å². The van der Waals surface area contributed by atoms with E-state index in [0.717, 1.165) is 0 Å². The Kier molecular flexibility index (Phi) is 2.75. The number of nitrogens with one attached hydrogen (secondary N) is 1. The van der Waals surface area contributed by atoms with E-state index in [0.29, 0.717) is 34.6 Å². The van der Waals surface area contributed by atoms with Crippen LogP contribution in [0.2, 0.25) is 5.02 Å². The lowest BCUT2D eigenvalue weighted by molar-refractivity contribution is 1.31. The number of nitrogens with two attached hydrogens (primary N) is 1. The summed E-state index contributed by atoms with van der Waals surface area (Å²) >= 11 is 5.85. The number of benzene rings is 1. The molecule has 6 heteroatoms. The molecule has 2 rings (SSSR count). The zero-order valence-corrected chi connectivity index (χ0v) is 8.99. The van der Waals surface area contributed by atoms with Crippen LogP contribution in [-0.4, -0.2) is 18.3 Å². The van der Waals surface area contributed by atoms with Crippen LogP contribution in [0.25, 0.3) is 0 Å². The first-order valence-electron chi connectivity index (χ1n) is 4.52. The summed E-state index contributed by atoms with van der Waals surface area (Å²) in [6.45, 7) is 0.397. The molecule has 1 heterocycles. The fourth-order valence-electron chi connectivity index (χ4n) is 1.29. The van der Waals surface area contributed by atoms with Gasteiger partial charge >= 0.3 is 0 Å². The van der Waals surface area contributed by atoms with Gasteiger partial charge in [-0.15, -0.1) is 0 Å². The summed E-state index contributed by atoms with van der Waals surface area (Å²) in [5.41, 5.74) is 6.63. The Balaban J connectivity index is 2.22. The lowest BCUT2D eigenvalue weighted by Gasteiger charge is -2.04. The van der Waals surface area contributed by atoms with Gasteiger partial charge in [0.25, 0.3) is 0 Å². The molecule has 1 aromatic carbocycles. The molecule has 0 aliphatic carbocycles. The van der Waals surface area contributed by atoms with Crippen molar-refractivity contribution in [2.24, 2.45) is 15.7 Å². The third-order valence-corrected chi connectivity index (χ3v) is 2.14. The van der Waals surface area contributed by atoms with Crippen molar-refractivity contribution < 1.29 is 0 Å². The summed E-state index contributed by atoms with van der Waals surface area (Å²) in [6.07, 6.45) is 0. The summed E-state index contributed by atoms with van der Waals surface area (Å²) in [4.78, 5) is 8.02. The number of nitriles is 1. The average molecular weight is 234 g/mol. The summed E-state index contributed by atoms with van der Waals surface area (Å²) in [7, 11) is 0. The second-order valence-electron chi connectivity index (χ2n) is 3.21. The number of aliphatic imine (C=N–C) groups is 2. The molecule has 0 atom stereocenters. The summed E-state index contributed by atoms with van der Waals surface area (Å²) in [5.74, 6) is 0.897. The molecule has 16 heavy (non-hydrogen) atoms. The van der Waals surface area contributed by atoms with E-state index in [-0.39, 0.29) is 0 Å². The minimum atomic E-state index is 0.397. The van der Waals surface area contributed by atoms with Crippen molar-refractivity contribution in [1.29, 1.82) is 5.26 Å². The SMILES string of the molecule is N#Cc1cc(Cl)cc(NC2=NCC(N)=N2)c1. The van der Waals surface area contributed by atoms with E-state index in [1.165, 1.54) is 0 Å². The normalized spacial score (nSPS) is 14.0. The van der Waals surface area contributed by atoms with Gasteiger partial charge in [0.2, 0.25) is 5.96 Å². The third kappa shape index (κ3) is 2.30. The maximum absolute atomic E-state index is 8.78. The van der Waals surface area contributed by atoms with Gasteiger partial charge in [0.1, 0.15) is 12.4 Å². The Morgan fingerprint density at radius 3 is 2.88 bits per heavy atom. The van der Waals surface area contributed by atoms with E-state index >= 15 is 0 Å². The molecule has 1 aromatic rings. The molecule has 0 saturated heterocycles. The van der Waals surface area contributed by atoms with Gasteiger partial charge in [-0.1, -0.05) is 11.6 Å². The van der Waals surface area contributed by atoms with Gasteiger partial charge in [-0.3, -0.25) is 0 Å². The van der Waals surface area contributed by atoms with E-state index in [4.69, 9.17) is 22.6 Å². The molecule has 0 fully saturated rings. The highest BCUT2D eigenvalue weighted by Gasteiger charge is 2.07. The van der Waals surface area contributed by atoms with Crippen molar-refractivity contribution in [3.05, 3.63) is 28.8 Å². The molecule has 3 N–H and O–H groups in total. The predicted octanol–water partition coefficient (Wildman–Crippen LogP) is 1.35. The number of halogens is 1. The molecule has 0 radical (unpaired) electrons. The molecule has 0 spiro atoms. The van der Waals surface area contributed by atoms with Crippen LogP contribution < -0.4 is 11.1 Å². The quantitative estimate of drug-likeness (QED) is 0.768. The molecule has 80 valence electrons. The van der Waals surface area contributed by atoms with E-state index in [9.17, 15) is 0 Å². The first-order valence-corrected chi connectivity index (χ1v) is 4.90. The van der Waals surface area contributed by atoms with Crippen LogP contribution in [0.15, 0.2) is 28.2 Å². The second kappa shape index (κ2) is 4.21. The number of guanidine groups is 1. The van der Waals surface area contributed by atoms with Crippen molar-refractivity contribution in [2.45, 2.75) is 0 Å². The second-order valence-corrected chi connectivity index (χ2v) is 3.64. The highest BCUT2D eigenvalue weighted by atomic mass is 35.5. The Labute approximate surface area is 97.3 Å². The van der Waals surface area contributed by atoms with Gasteiger partial charge < -0.3 is 11.1 Å². The fourth-order valence-corrected chi connectivity index (χ4v) is 1.52. The zero-order chi connectivity index (χ0) is 11.5. The molecular formula is C10H8ClN5. The summed E-state index contributed by atoms with van der Waals surface area (Å²) in [5, 5.41) is 12.2. The number of rotatable bonds is 1. The highest BCUT2D eigenvalue weighted by molar-refractivity contribution is 6.31. The maximum Gasteiger partial charge on any atom is 0.224 e. The predicted molar refractivity (Wildman–Crippen MR) is 63.7 cm³/mol. The third-order valence-electron chi connectivity index (χ3n) is 1.92. The molecule has 1 aliphatic heterocycles. The van der Waals surface area contributed by atoms with Crippen LogP contribution in [0.3, 0.4) is 0 Å². The largest absolute Gasteiger partial charge is 0.385 e. The Hall–Kier alpha value is -2.06. The molecule has 0 bridgehead atoms. The zero-order valence-electron chi connectivity index (χ0n) is 8.24. The smallest absolute Gasteiger partial charge is 0.224 e. The minimum Gasteiger partial charge on any atom is -0.385 e. The minimum absolute atomic E-state index is 0.397. The van der Waals surface area contributed by atoms with Gasteiger partial charge in [-0.25, -0.2) is 4.99 Å². The molecule has 0 aromatic heterocycles. The van der Waals surface area contributed by atoms with Crippen LogP contribution in [0, 0.1) is 11.3 Å². The highest BCUT2D eigenvalue weighted by Crippen LogP contribution is 2.19. The van der Waals surface area contributed by atoms with Crippen molar-refractivity contribution in [3.63, 3.8) is 0 Å². The van der Waals surface area contributed by atoms with Gasteiger partial charge in [0.15, 0.2) is 0 Å². The van der Waals surface area contributed by atoms with E-state index in [2.05, 4.69) is 15.3 Å². The monoisotopic (exact) mass is 233 g/mol. The number of nitrogens with zero attached hydrogens (tertiary/aromatic N) is 3. The standard InChI is InChI=1S/C10H8ClN5/c11-7-1-6(4-12)2-8(3-7)15-10-14-5-9(13)16-10/h1-3H,5H2,(H3,13,14,15,16). The lowest BCUT2D eigenvalue weighted by atomic mass is 10.2. The van der Waals surface area contributed by atoms with E-state index in [1.54, 1.807) is 18.2 Å². The van der Waals surface area contributed by atoms with E-state index < -0.39 is 0 Å². The fraction of sp³-hybridized carbons (Fsp3) is 0.100. The number of hydrogen-bond acceptors (Lipinski definition) is 5. The van der Waals surface area contributed by atoms with Gasteiger partial charge in [0, 0.05) is 10.7 Å². The van der Waals surface area contributed by atoms with Gasteiger partial charge in [-0.2, -0.15) is 10.3 Å². The van der Waals surface area contributed by atoms with Gasteiger partial charge in [0.05, 0.1) is 11.6 Å². The van der Waals surface area contributed by atoms with Crippen LogP contribution in [0.4, 0.5) is 5.69 Å².